The molecule has 6 heteroatoms. The van der Waals surface area contributed by atoms with Gasteiger partial charge in [-0.25, -0.2) is 4.39 Å². The molecule has 0 spiro atoms. The highest BCUT2D eigenvalue weighted by Gasteiger charge is 2.21. The van der Waals surface area contributed by atoms with Crippen LogP contribution in [0.2, 0.25) is 0 Å². The van der Waals surface area contributed by atoms with E-state index < -0.39 is 21.9 Å². The van der Waals surface area contributed by atoms with Crippen LogP contribution in [-0.4, -0.2) is 35.6 Å². The highest BCUT2D eigenvalue weighted by atomic mass is 32.2. The van der Waals surface area contributed by atoms with Crippen LogP contribution in [0.4, 0.5) is 4.39 Å². The lowest BCUT2D eigenvalue weighted by Gasteiger charge is -2.12. The Balaban J connectivity index is 2.54. The molecule has 19 heavy (non-hydrogen) atoms. The van der Waals surface area contributed by atoms with Crippen molar-refractivity contribution in [3.63, 3.8) is 0 Å². The summed E-state index contributed by atoms with van der Waals surface area (Å²) in [5, 5.41) is 1.96. The Morgan fingerprint density at radius 3 is 2.89 bits per heavy atom. The molecule has 1 aromatic rings. The molecule has 0 heterocycles. The smallest absolute Gasteiger partial charge is 0.235 e. The predicted octanol–water partition coefficient (Wildman–Crippen LogP) is 1.47. The number of carbonyl (C=O) groups excluding carboxylic acids is 1. The van der Waals surface area contributed by atoms with Gasteiger partial charge in [0.1, 0.15) is 11.1 Å². The van der Waals surface area contributed by atoms with Gasteiger partial charge in [-0.05, 0) is 31.5 Å². The molecule has 0 saturated heterocycles. The summed E-state index contributed by atoms with van der Waals surface area (Å²) in [7, 11) is 0.0277. The van der Waals surface area contributed by atoms with Gasteiger partial charge in [-0.2, -0.15) is 0 Å². The van der Waals surface area contributed by atoms with Crippen LogP contribution in [0, 0.1) is 5.82 Å². The molecule has 2 unspecified atom stereocenters. The molecular weight excluding hydrogens is 269 g/mol. The average Bonchev–Trinajstić information content (AvgIpc) is 2.41. The maximum atomic E-state index is 13.0. The summed E-state index contributed by atoms with van der Waals surface area (Å²) in [4.78, 5) is 12.1. The van der Waals surface area contributed by atoms with E-state index in [4.69, 9.17) is 4.74 Å². The van der Waals surface area contributed by atoms with Gasteiger partial charge in [-0.1, -0.05) is 6.07 Å². The van der Waals surface area contributed by atoms with E-state index in [0.717, 1.165) is 0 Å². The Hall–Kier alpha value is -1.27. The number of rotatable bonds is 7. The Kier molecular flexibility index (Phi) is 6.66. The molecule has 4 nitrogen and oxygen atoms in total. The Morgan fingerprint density at radius 2 is 2.26 bits per heavy atom. The van der Waals surface area contributed by atoms with E-state index in [2.05, 4.69) is 5.32 Å². The lowest BCUT2D eigenvalue weighted by molar-refractivity contribution is -0.120. The van der Waals surface area contributed by atoms with Crippen molar-refractivity contribution in [1.82, 2.24) is 5.32 Å². The summed E-state index contributed by atoms with van der Waals surface area (Å²) in [6.45, 7) is 2.59. The Bertz CT molecular complexity index is 453. The molecule has 1 aromatic carbocycles. The van der Waals surface area contributed by atoms with Gasteiger partial charge in [-0.15, -0.1) is 0 Å². The molecule has 1 N–H and O–H groups in total. The van der Waals surface area contributed by atoms with Gasteiger partial charge in [0.05, 0.1) is 10.8 Å². The summed E-state index contributed by atoms with van der Waals surface area (Å²) in [6.07, 6.45) is 0.696. The van der Waals surface area contributed by atoms with Crippen LogP contribution < -0.4 is 5.32 Å². The molecule has 1 rings (SSSR count). The first-order chi connectivity index (χ1) is 9.06. The van der Waals surface area contributed by atoms with Crippen LogP contribution in [0.1, 0.15) is 13.3 Å². The fourth-order valence-corrected chi connectivity index (χ4v) is 2.59. The first kappa shape index (κ1) is 15.8. The van der Waals surface area contributed by atoms with Gasteiger partial charge >= 0.3 is 0 Å². The first-order valence-electron chi connectivity index (χ1n) is 5.99. The number of amides is 1. The second-order valence-corrected chi connectivity index (χ2v) is 5.81. The SMILES string of the molecule is COCCCNC(=O)C(C)S(=O)c1cccc(F)c1. The standard InChI is InChI=1S/C13H18FNO3S/c1-10(13(16)15-7-4-8-18-2)19(17)12-6-3-5-11(14)9-12/h3,5-6,9-10H,4,7-8H2,1-2H3,(H,15,16). The van der Waals surface area contributed by atoms with Gasteiger partial charge in [-0.3, -0.25) is 9.00 Å². The second-order valence-electron chi connectivity index (χ2n) is 4.03. The average molecular weight is 287 g/mol. The van der Waals surface area contributed by atoms with Gasteiger partial charge in [0.25, 0.3) is 0 Å². The fraction of sp³-hybridized carbons (Fsp3) is 0.462. The zero-order valence-electron chi connectivity index (χ0n) is 11.0. The van der Waals surface area contributed by atoms with E-state index in [1.54, 1.807) is 20.1 Å². The van der Waals surface area contributed by atoms with Crippen LogP contribution in [0.3, 0.4) is 0 Å². The molecule has 0 aliphatic heterocycles. The summed E-state index contributed by atoms with van der Waals surface area (Å²) in [5.41, 5.74) is 0. The number of carbonyl (C=O) groups is 1. The van der Waals surface area contributed by atoms with Crippen LogP contribution in [0.25, 0.3) is 0 Å². The summed E-state index contributed by atoms with van der Waals surface area (Å²) < 4.78 is 30.0. The van der Waals surface area contributed by atoms with Crippen molar-refractivity contribution in [2.75, 3.05) is 20.3 Å². The number of hydrogen-bond donors (Lipinski definition) is 1. The predicted molar refractivity (Wildman–Crippen MR) is 71.8 cm³/mol. The fourth-order valence-electron chi connectivity index (χ4n) is 1.47. The topological polar surface area (TPSA) is 55.4 Å². The van der Waals surface area contributed by atoms with Crippen molar-refractivity contribution in [3.05, 3.63) is 30.1 Å². The van der Waals surface area contributed by atoms with E-state index in [0.29, 0.717) is 24.5 Å². The molecule has 0 radical (unpaired) electrons. The molecule has 0 aromatic heterocycles. The van der Waals surface area contributed by atoms with Crippen molar-refractivity contribution < 1.29 is 18.1 Å². The third kappa shape index (κ3) is 5.08. The van der Waals surface area contributed by atoms with Crippen LogP contribution >= 0.6 is 0 Å². The van der Waals surface area contributed by atoms with Crippen LogP contribution in [-0.2, 0) is 20.3 Å². The van der Waals surface area contributed by atoms with Gasteiger partial charge in [0.2, 0.25) is 5.91 Å². The highest BCUT2D eigenvalue weighted by molar-refractivity contribution is 7.86. The van der Waals surface area contributed by atoms with E-state index in [1.165, 1.54) is 18.2 Å². The minimum atomic E-state index is -1.56. The van der Waals surface area contributed by atoms with Gasteiger partial charge in [0.15, 0.2) is 0 Å². The maximum absolute atomic E-state index is 13.0. The second kappa shape index (κ2) is 8.01. The number of methoxy groups -OCH3 is 1. The molecule has 0 bridgehead atoms. The Labute approximate surface area is 114 Å². The number of benzene rings is 1. The largest absolute Gasteiger partial charge is 0.385 e. The lowest BCUT2D eigenvalue weighted by Crippen LogP contribution is -2.36. The summed E-state index contributed by atoms with van der Waals surface area (Å²) in [6, 6.07) is 5.49. The lowest BCUT2D eigenvalue weighted by atomic mass is 10.3. The molecule has 2 atom stereocenters. The Morgan fingerprint density at radius 1 is 1.53 bits per heavy atom. The zero-order valence-corrected chi connectivity index (χ0v) is 11.8. The normalized spacial score (nSPS) is 13.8. The van der Waals surface area contributed by atoms with Crippen LogP contribution in [0.5, 0.6) is 0 Å². The summed E-state index contributed by atoms with van der Waals surface area (Å²) >= 11 is 0. The molecule has 1 amide bonds. The third-order valence-corrected chi connectivity index (χ3v) is 4.12. The highest BCUT2D eigenvalue weighted by Crippen LogP contribution is 2.12. The van der Waals surface area contributed by atoms with E-state index in [-0.39, 0.29) is 5.91 Å². The zero-order chi connectivity index (χ0) is 14.3. The minimum absolute atomic E-state index is 0.307. The third-order valence-electron chi connectivity index (χ3n) is 2.54. The van der Waals surface area contributed by atoms with E-state index in [9.17, 15) is 13.4 Å². The van der Waals surface area contributed by atoms with Gasteiger partial charge < -0.3 is 10.1 Å². The molecule has 0 aliphatic carbocycles. The minimum Gasteiger partial charge on any atom is -0.385 e. The van der Waals surface area contributed by atoms with Crippen LogP contribution in [0.15, 0.2) is 29.2 Å². The van der Waals surface area contributed by atoms with E-state index >= 15 is 0 Å². The monoisotopic (exact) mass is 287 g/mol. The first-order valence-corrected chi connectivity index (χ1v) is 7.20. The van der Waals surface area contributed by atoms with Crippen molar-refractivity contribution in [1.29, 1.82) is 0 Å². The number of ether oxygens (including phenoxy) is 1. The molecule has 106 valence electrons. The van der Waals surface area contributed by atoms with Crippen molar-refractivity contribution in [2.24, 2.45) is 0 Å². The van der Waals surface area contributed by atoms with E-state index in [1.807, 2.05) is 0 Å². The van der Waals surface area contributed by atoms with Gasteiger partial charge in [0, 0.05) is 25.2 Å². The molecular formula is C13H18FNO3S. The van der Waals surface area contributed by atoms with Crippen molar-refractivity contribution in [3.8, 4) is 0 Å². The molecule has 0 fully saturated rings. The number of nitrogens with one attached hydrogen (secondary N) is 1. The maximum Gasteiger partial charge on any atom is 0.235 e. The number of hydrogen-bond acceptors (Lipinski definition) is 3. The molecule has 0 aliphatic rings. The quantitative estimate of drug-likeness (QED) is 0.773. The van der Waals surface area contributed by atoms with Crippen molar-refractivity contribution in [2.45, 2.75) is 23.5 Å². The molecule has 0 saturated carbocycles. The summed E-state index contributed by atoms with van der Waals surface area (Å²) in [5.74, 6) is -0.766. The van der Waals surface area contributed by atoms with Crippen molar-refractivity contribution >= 4 is 16.7 Å². The number of halogens is 1.